The van der Waals surface area contributed by atoms with Crippen LogP contribution in [0.25, 0.3) is 0 Å². The van der Waals surface area contributed by atoms with Crippen molar-refractivity contribution in [3.05, 3.63) is 95.0 Å². The van der Waals surface area contributed by atoms with E-state index in [2.05, 4.69) is 55.1 Å². The Kier molecular flexibility index (Phi) is 8.88. The maximum Gasteiger partial charge on any atom is 0.410 e. The lowest BCUT2D eigenvalue weighted by Crippen LogP contribution is -2.37. The van der Waals surface area contributed by atoms with Gasteiger partial charge >= 0.3 is 6.09 Å². The van der Waals surface area contributed by atoms with Gasteiger partial charge in [0, 0.05) is 36.3 Å². The molecule has 2 unspecified atom stereocenters. The fraction of sp³-hybridized carbons (Fsp3) is 0.406. The molecule has 0 bridgehead atoms. The van der Waals surface area contributed by atoms with Crippen molar-refractivity contribution < 1.29 is 14.3 Å². The third-order valence-corrected chi connectivity index (χ3v) is 6.96. The van der Waals surface area contributed by atoms with E-state index in [1.54, 1.807) is 4.90 Å². The lowest BCUT2D eigenvalue weighted by atomic mass is 10.0. The molecule has 1 saturated heterocycles. The third-order valence-electron chi connectivity index (χ3n) is 6.71. The van der Waals surface area contributed by atoms with E-state index in [1.165, 1.54) is 11.1 Å². The SMILES string of the molecule is CC(C)c1cccc(OC2CN(C(=O)OC(C)(C)C)CC2CN(Cc2ccccc2)c2ccc(Cl)cc2)c1. The molecule has 0 aromatic heterocycles. The smallest absolute Gasteiger partial charge is 0.410 e. The molecule has 1 heterocycles. The lowest BCUT2D eigenvalue weighted by molar-refractivity contribution is 0.0274. The van der Waals surface area contributed by atoms with Gasteiger partial charge in [-0.1, -0.05) is 67.9 Å². The van der Waals surface area contributed by atoms with Crippen LogP contribution in [0.15, 0.2) is 78.9 Å². The van der Waals surface area contributed by atoms with Gasteiger partial charge in [0.1, 0.15) is 17.5 Å². The molecule has 5 nitrogen and oxygen atoms in total. The van der Waals surface area contributed by atoms with Crippen LogP contribution in [-0.4, -0.2) is 42.3 Å². The molecule has 0 aliphatic carbocycles. The van der Waals surface area contributed by atoms with E-state index in [0.29, 0.717) is 30.6 Å². The zero-order valence-corrected chi connectivity index (χ0v) is 23.8. The molecule has 202 valence electrons. The van der Waals surface area contributed by atoms with Crippen LogP contribution in [0.2, 0.25) is 5.02 Å². The predicted molar refractivity (Wildman–Crippen MR) is 155 cm³/mol. The summed E-state index contributed by atoms with van der Waals surface area (Å²) >= 11 is 6.21. The van der Waals surface area contributed by atoms with Crippen LogP contribution in [-0.2, 0) is 11.3 Å². The molecule has 3 aromatic rings. The van der Waals surface area contributed by atoms with E-state index in [9.17, 15) is 4.79 Å². The summed E-state index contributed by atoms with van der Waals surface area (Å²) in [5.74, 6) is 1.31. The van der Waals surface area contributed by atoms with Crippen LogP contribution in [0.4, 0.5) is 10.5 Å². The average molecular weight is 535 g/mol. The van der Waals surface area contributed by atoms with E-state index in [4.69, 9.17) is 21.1 Å². The molecule has 1 aliphatic rings. The minimum atomic E-state index is -0.556. The number of carbonyl (C=O) groups is 1. The number of likely N-dealkylation sites (tertiary alicyclic amines) is 1. The molecular formula is C32H39ClN2O3. The molecule has 1 amide bonds. The molecular weight excluding hydrogens is 496 g/mol. The quantitative estimate of drug-likeness (QED) is 0.296. The summed E-state index contributed by atoms with van der Waals surface area (Å²) in [5.41, 5.74) is 2.97. The molecule has 4 rings (SSSR count). The molecule has 1 fully saturated rings. The van der Waals surface area contributed by atoms with Crippen LogP contribution in [0.5, 0.6) is 5.75 Å². The number of carbonyl (C=O) groups excluding carboxylic acids is 1. The van der Waals surface area contributed by atoms with Crippen LogP contribution in [0.1, 0.15) is 51.7 Å². The first-order valence-corrected chi connectivity index (χ1v) is 13.7. The van der Waals surface area contributed by atoms with Gasteiger partial charge in [0.2, 0.25) is 0 Å². The molecule has 2 atom stereocenters. The first-order chi connectivity index (χ1) is 18.1. The number of benzene rings is 3. The predicted octanol–water partition coefficient (Wildman–Crippen LogP) is 7.78. The van der Waals surface area contributed by atoms with Gasteiger partial charge in [0.15, 0.2) is 0 Å². The zero-order valence-electron chi connectivity index (χ0n) is 23.1. The maximum atomic E-state index is 13.1. The van der Waals surface area contributed by atoms with E-state index in [0.717, 1.165) is 18.0 Å². The topological polar surface area (TPSA) is 42.0 Å². The van der Waals surface area contributed by atoms with E-state index in [1.807, 2.05) is 63.2 Å². The van der Waals surface area contributed by atoms with E-state index >= 15 is 0 Å². The summed E-state index contributed by atoms with van der Waals surface area (Å²) in [6, 6.07) is 26.6. The summed E-state index contributed by atoms with van der Waals surface area (Å²) in [5, 5.41) is 0.705. The second-order valence-corrected chi connectivity index (χ2v) is 11.8. The van der Waals surface area contributed by atoms with Gasteiger partial charge in [-0.2, -0.15) is 0 Å². The highest BCUT2D eigenvalue weighted by molar-refractivity contribution is 6.30. The van der Waals surface area contributed by atoms with Crippen molar-refractivity contribution >= 4 is 23.4 Å². The van der Waals surface area contributed by atoms with E-state index in [-0.39, 0.29) is 18.1 Å². The zero-order chi connectivity index (χ0) is 27.3. The fourth-order valence-corrected chi connectivity index (χ4v) is 4.87. The normalized spacial score (nSPS) is 17.5. The number of hydrogen-bond acceptors (Lipinski definition) is 4. The Balaban J connectivity index is 1.60. The van der Waals surface area contributed by atoms with Gasteiger partial charge < -0.3 is 19.3 Å². The van der Waals surface area contributed by atoms with Gasteiger partial charge in [-0.15, -0.1) is 0 Å². The second kappa shape index (κ2) is 12.1. The van der Waals surface area contributed by atoms with Crippen molar-refractivity contribution in [1.82, 2.24) is 4.90 Å². The number of nitrogens with zero attached hydrogens (tertiary/aromatic N) is 2. The third kappa shape index (κ3) is 7.67. The Morgan fingerprint density at radius 2 is 1.71 bits per heavy atom. The molecule has 0 N–H and O–H groups in total. The van der Waals surface area contributed by atoms with Crippen LogP contribution in [0.3, 0.4) is 0 Å². The number of anilines is 1. The summed E-state index contributed by atoms with van der Waals surface area (Å²) in [4.78, 5) is 17.2. The highest BCUT2D eigenvalue weighted by atomic mass is 35.5. The van der Waals surface area contributed by atoms with Crippen molar-refractivity contribution in [3.8, 4) is 5.75 Å². The van der Waals surface area contributed by atoms with Gasteiger partial charge in [0.25, 0.3) is 0 Å². The number of rotatable bonds is 8. The van der Waals surface area contributed by atoms with Crippen LogP contribution < -0.4 is 9.64 Å². The van der Waals surface area contributed by atoms with Gasteiger partial charge in [-0.25, -0.2) is 4.79 Å². The van der Waals surface area contributed by atoms with Gasteiger partial charge in [0.05, 0.1) is 6.54 Å². The number of hydrogen-bond donors (Lipinski definition) is 0. The average Bonchev–Trinajstić information content (AvgIpc) is 3.26. The van der Waals surface area contributed by atoms with Crippen molar-refractivity contribution in [2.45, 2.75) is 58.8 Å². The summed E-state index contributed by atoms with van der Waals surface area (Å²) in [7, 11) is 0. The van der Waals surface area contributed by atoms with E-state index < -0.39 is 5.60 Å². The molecule has 0 radical (unpaired) electrons. The minimum Gasteiger partial charge on any atom is -0.488 e. The Morgan fingerprint density at radius 1 is 1.00 bits per heavy atom. The van der Waals surface area contributed by atoms with Crippen molar-refractivity contribution in [1.29, 1.82) is 0 Å². The van der Waals surface area contributed by atoms with Crippen LogP contribution in [0, 0.1) is 5.92 Å². The second-order valence-electron chi connectivity index (χ2n) is 11.4. The Labute approximate surface area is 232 Å². The highest BCUT2D eigenvalue weighted by Gasteiger charge is 2.39. The Hall–Kier alpha value is -3.18. The molecule has 3 aromatic carbocycles. The van der Waals surface area contributed by atoms with Crippen molar-refractivity contribution in [3.63, 3.8) is 0 Å². The maximum absolute atomic E-state index is 13.1. The molecule has 1 aliphatic heterocycles. The number of ether oxygens (including phenoxy) is 2. The molecule has 0 spiro atoms. The standard InChI is InChI=1S/C32H39ClN2O3/c1-23(2)25-12-9-13-29(18-25)37-30-22-35(31(36)38-32(3,4)5)21-26(30)20-34(19-24-10-7-6-8-11-24)28-16-14-27(33)15-17-28/h6-18,23,26,30H,19-22H2,1-5H3. The fourth-order valence-electron chi connectivity index (χ4n) is 4.75. The van der Waals surface area contributed by atoms with Gasteiger partial charge in [-0.05, 0) is 74.2 Å². The van der Waals surface area contributed by atoms with Crippen molar-refractivity contribution in [2.75, 3.05) is 24.5 Å². The van der Waals surface area contributed by atoms with Crippen molar-refractivity contribution in [2.24, 2.45) is 5.92 Å². The first-order valence-electron chi connectivity index (χ1n) is 13.4. The Morgan fingerprint density at radius 3 is 2.37 bits per heavy atom. The Bertz CT molecular complexity index is 1190. The number of halogens is 1. The summed E-state index contributed by atoms with van der Waals surface area (Å²) in [6.45, 7) is 12.5. The first kappa shape index (κ1) is 27.8. The van der Waals surface area contributed by atoms with Crippen LogP contribution >= 0.6 is 11.6 Å². The largest absolute Gasteiger partial charge is 0.488 e. The molecule has 38 heavy (non-hydrogen) atoms. The number of amides is 1. The molecule has 0 saturated carbocycles. The minimum absolute atomic E-state index is 0.0737. The lowest BCUT2D eigenvalue weighted by Gasteiger charge is -2.30. The monoisotopic (exact) mass is 534 g/mol. The summed E-state index contributed by atoms with van der Waals surface area (Å²) < 4.78 is 12.3. The van der Waals surface area contributed by atoms with Gasteiger partial charge in [-0.3, -0.25) is 0 Å². The summed E-state index contributed by atoms with van der Waals surface area (Å²) in [6.07, 6.45) is -0.471. The molecule has 6 heteroatoms. The highest BCUT2D eigenvalue weighted by Crippen LogP contribution is 2.30.